The number of para-hydroxylation sites is 1. The third kappa shape index (κ3) is 6.02. The van der Waals surface area contributed by atoms with Crippen molar-refractivity contribution in [2.45, 2.75) is 19.1 Å². The summed E-state index contributed by atoms with van der Waals surface area (Å²) in [5.74, 6) is 0.577. The minimum absolute atomic E-state index is 0.122. The maximum atomic E-state index is 9.69. The molecule has 0 aliphatic heterocycles. The van der Waals surface area contributed by atoms with Gasteiger partial charge in [-0.05, 0) is 13.0 Å². The van der Waals surface area contributed by atoms with Gasteiger partial charge in [-0.2, -0.15) is 0 Å². The Morgan fingerprint density at radius 2 is 1.84 bits per heavy atom. The van der Waals surface area contributed by atoms with E-state index >= 15 is 0 Å². The van der Waals surface area contributed by atoms with E-state index < -0.39 is 12.2 Å². The Morgan fingerprint density at radius 1 is 1.11 bits per heavy atom. The molecule has 1 unspecified atom stereocenters. The summed E-state index contributed by atoms with van der Waals surface area (Å²) in [5.41, 5.74) is 0.704. The van der Waals surface area contributed by atoms with Crippen LogP contribution in [-0.2, 0) is 9.47 Å². The van der Waals surface area contributed by atoms with Crippen LogP contribution < -0.4 is 4.74 Å². The molecule has 5 nitrogen and oxygen atoms in total. The summed E-state index contributed by atoms with van der Waals surface area (Å²) in [6.07, 6.45) is -1.31. The monoisotopic (exact) mass is 270 g/mol. The predicted octanol–water partition coefficient (Wildman–Crippen LogP) is 1.14. The largest absolute Gasteiger partial charge is 0.490 e. The zero-order chi connectivity index (χ0) is 14.1. The maximum absolute atomic E-state index is 9.69. The van der Waals surface area contributed by atoms with Gasteiger partial charge in [0.2, 0.25) is 0 Å². The molecule has 0 fully saturated rings. The van der Waals surface area contributed by atoms with Crippen molar-refractivity contribution in [3.05, 3.63) is 29.8 Å². The molecule has 0 aromatic heterocycles. The lowest BCUT2D eigenvalue weighted by molar-refractivity contribution is -0.00460. The summed E-state index contributed by atoms with van der Waals surface area (Å²) in [7, 11) is 1.59. The number of hydrogen-bond acceptors (Lipinski definition) is 5. The first-order valence-corrected chi connectivity index (χ1v) is 6.29. The lowest BCUT2D eigenvalue weighted by Crippen LogP contribution is -2.24. The van der Waals surface area contributed by atoms with Gasteiger partial charge >= 0.3 is 0 Å². The van der Waals surface area contributed by atoms with Crippen molar-refractivity contribution in [1.82, 2.24) is 0 Å². The molecule has 1 rings (SSSR count). The molecule has 2 N–H and O–H groups in total. The molecule has 0 saturated heterocycles. The summed E-state index contributed by atoms with van der Waals surface area (Å²) >= 11 is 0. The minimum Gasteiger partial charge on any atom is -0.490 e. The van der Waals surface area contributed by atoms with Crippen LogP contribution in [0.5, 0.6) is 5.75 Å². The molecule has 0 heterocycles. The molecule has 0 bridgehead atoms. The van der Waals surface area contributed by atoms with E-state index in [1.165, 1.54) is 0 Å². The van der Waals surface area contributed by atoms with Crippen LogP contribution in [0.3, 0.4) is 0 Å². The van der Waals surface area contributed by atoms with Crippen molar-refractivity contribution in [3.63, 3.8) is 0 Å². The summed E-state index contributed by atoms with van der Waals surface area (Å²) in [5, 5.41) is 19.3. The number of methoxy groups -OCH3 is 1. The number of aliphatic hydroxyl groups is 2. The summed E-state index contributed by atoms with van der Waals surface area (Å²) in [6.45, 7) is 2.93. The Bertz CT molecular complexity index is 353. The van der Waals surface area contributed by atoms with Crippen molar-refractivity contribution in [2.75, 3.05) is 33.5 Å². The van der Waals surface area contributed by atoms with Crippen LogP contribution in [-0.4, -0.2) is 49.9 Å². The molecule has 5 heteroatoms. The highest BCUT2D eigenvalue weighted by atomic mass is 16.5. The number of rotatable bonds is 9. The normalized spacial score (nSPS) is 14.1. The van der Waals surface area contributed by atoms with Crippen molar-refractivity contribution in [1.29, 1.82) is 0 Å². The molecule has 2 atom stereocenters. The number of ether oxygens (including phenoxy) is 3. The van der Waals surface area contributed by atoms with Crippen molar-refractivity contribution < 1.29 is 24.4 Å². The fourth-order valence-corrected chi connectivity index (χ4v) is 1.55. The Balaban J connectivity index is 2.35. The van der Waals surface area contributed by atoms with Gasteiger partial charge in [-0.25, -0.2) is 0 Å². The van der Waals surface area contributed by atoms with E-state index in [1.54, 1.807) is 26.2 Å². The molecule has 0 aliphatic carbocycles. The Hall–Kier alpha value is -1.14. The standard InChI is InChI=1S/C14H22O5/c1-11(15)13-5-3-4-6-14(13)19-10-12(16)9-18-8-7-17-2/h3-6,11-12,15-16H,7-10H2,1-2H3/t11-,12?/m1/s1. The van der Waals surface area contributed by atoms with Crippen molar-refractivity contribution in [3.8, 4) is 5.75 Å². The first kappa shape index (κ1) is 15.9. The maximum Gasteiger partial charge on any atom is 0.125 e. The molecule has 1 aromatic carbocycles. The summed E-state index contributed by atoms with van der Waals surface area (Å²) in [6, 6.07) is 7.21. The molecule has 0 radical (unpaired) electrons. The third-order valence-electron chi connectivity index (χ3n) is 2.54. The topological polar surface area (TPSA) is 68.2 Å². The SMILES string of the molecule is COCCOCC(O)COc1ccccc1[C@@H](C)O. The zero-order valence-electron chi connectivity index (χ0n) is 11.4. The van der Waals surface area contributed by atoms with E-state index in [-0.39, 0.29) is 13.2 Å². The Kier molecular flexibility index (Phi) is 7.43. The van der Waals surface area contributed by atoms with Crippen LogP contribution in [0.25, 0.3) is 0 Å². The van der Waals surface area contributed by atoms with Gasteiger partial charge < -0.3 is 24.4 Å². The average Bonchev–Trinajstić information content (AvgIpc) is 2.41. The van der Waals surface area contributed by atoms with Gasteiger partial charge in [-0.3, -0.25) is 0 Å². The van der Waals surface area contributed by atoms with E-state index in [0.29, 0.717) is 24.5 Å². The van der Waals surface area contributed by atoms with Gasteiger partial charge in [0.05, 0.1) is 25.9 Å². The molecule has 0 saturated carbocycles. The average molecular weight is 270 g/mol. The quantitative estimate of drug-likeness (QED) is 0.659. The number of aliphatic hydroxyl groups excluding tert-OH is 2. The smallest absolute Gasteiger partial charge is 0.125 e. The molecular weight excluding hydrogens is 248 g/mol. The van der Waals surface area contributed by atoms with Gasteiger partial charge in [-0.1, -0.05) is 18.2 Å². The van der Waals surface area contributed by atoms with Crippen LogP contribution in [0.15, 0.2) is 24.3 Å². The molecular formula is C14H22O5. The van der Waals surface area contributed by atoms with Gasteiger partial charge in [0, 0.05) is 12.7 Å². The molecule has 0 amide bonds. The Morgan fingerprint density at radius 3 is 2.53 bits per heavy atom. The van der Waals surface area contributed by atoms with Crippen LogP contribution >= 0.6 is 0 Å². The number of hydrogen-bond donors (Lipinski definition) is 2. The fraction of sp³-hybridized carbons (Fsp3) is 0.571. The highest BCUT2D eigenvalue weighted by Crippen LogP contribution is 2.24. The van der Waals surface area contributed by atoms with Gasteiger partial charge in [0.25, 0.3) is 0 Å². The van der Waals surface area contributed by atoms with Crippen LogP contribution in [0.2, 0.25) is 0 Å². The van der Waals surface area contributed by atoms with E-state index in [2.05, 4.69) is 0 Å². The van der Waals surface area contributed by atoms with Gasteiger partial charge in [-0.15, -0.1) is 0 Å². The van der Waals surface area contributed by atoms with Crippen LogP contribution in [0.4, 0.5) is 0 Å². The lowest BCUT2D eigenvalue weighted by Gasteiger charge is -2.16. The van der Waals surface area contributed by atoms with E-state index in [4.69, 9.17) is 14.2 Å². The second-order valence-corrected chi connectivity index (χ2v) is 4.25. The molecule has 0 aliphatic rings. The first-order chi connectivity index (χ1) is 9.15. The second-order valence-electron chi connectivity index (χ2n) is 4.25. The molecule has 0 spiro atoms. The summed E-state index contributed by atoms with van der Waals surface area (Å²) < 4.78 is 15.5. The molecule has 108 valence electrons. The first-order valence-electron chi connectivity index (χ1n) is 6.29. The minimum atomic E-state index is -0.709. The van der Waals surface area contributed by atoms with Gasteiger partial charge in [0.15, 0.2) is 0 Å². The van der Waals surface area contributed by atoms with E-state index in [0.717, 1.165) is 0 Å². The highest BCUT2D eigenvalue weighted by molar-refractivity contribution is 5.34. The molecule has 1 aromatic rings. The predicted molar refractivity (Wildman–Crippen MR) is 71.3 cm³/mol. The highest BCUT2D eigenvalue weighted by Gasteiger charge is 2.10. The lowest BCUT2D eigenvalue weighted by atomic mass is 10.1. The van der Waals surface area contributed by atoms with Crippen molar-refractivity contribution in [2.24, 2.45) is 0 Å². The zero-order valence-corrected chi connectivity index (χ0v) is 11.4. The van der Waals surface area contributed by atoms with E-state index in [1.807, 2.05) is 12.1 Å². The van der Waals surface area contributed by atoms with Gasteiger partial charge in [0.1, 0.15) is 18.5 Å². The summed E-state index contributed by atoms with van der Waals surface area (Å²) in [4.78, 5) is 0. The Labute approximate surface area is 113 Å². The van der Waals surface area contributed by atoms with Crippen molar-refractivity contribution >= 4 is 0 Å². The van der Waals surface area contributed by atoms with E-state index in [9.17, 15) is 10.2 Å². The third-order valence-corrected chi connectivity index (χ3v) is 2.54. The van der Waals surface area contributed by atoms with Crippen LogP contribution in [0.1, 0.15) is 18.6 Å². The fourth-order valence-electron chi connectivity index (χ4n) is 1.55. The molecule has 19 heavy (non-hydrogen) atoms. The second kappa shape index (κ2) is 8.87. The van der Waals surface area contributed by atoms with Crippen LogP contribution in [0, 0.1) is 0 Å². The number of benzene rings is 1.